The van der Waals surface area contributed by atoms with Crippen LogP contribution in [0.25, 0.3) is 11.0 Å². The van der Waals surface area contributed by atoms with Crippen LogP contribution in [-0.2, 0) is 0 Å². The third-order valence-corrected chi connectivity index (χ3v) is 5.12. The lowest BCUT2D eigenvalue weighted by Crippen LogP contribution is -2.30. The van der Waals surface area contributed by atoms with Gasteiger partial charge in [0.15, 0.2) is 11.5 Å². The number of carbonyl (C=O) groups is 1. The Morgan fingerprint density at radius 1 is 1.08 bits per heavy atom. The summed E-state index contributed by atoms with van der Waals surface area (Å²) < 4.78 is 13.5. The minimum atomic E-state index is -0.000675. The fourth-order valence-electron chi connectivity index (χ4n) is 3.84. The molecule has 5 rings (SSSR count). The second kappa shape index (κ2) is 6.05. The van der Waals surface area contributed by atoms with Crippen LogP contribution in [0.4, 0.5) is 0 Å². The Morgan fingerprint density at radius 2 is 1.96 bits per heavy atom. The molecule has 1 fully saturated rings. The molecule has 26 heavy (non-hydrogen) atoms. The number of para-hydroxylation sites is 3. The summed E-state index contributed by atoms with van der Waals surface area (Å²) in [5.41, 5.74) is 2.68. The molecule has 2 aromatic carbocycles. The molecule has 0 bridgehead atoms. The van der Waals surface area contributed by atoms with Crippen LogP contribution in [0.15, 0.2) is 48.8 Å². The number of nitrogens with zero attached hydrogens (tertiary/aromatic N) is 3. The minimum Gasteiger partial charge on any atom is -0.486 e. The molecule has 6 heteroatoms. The number of amides is 1. The van der Waals surface area contributed by atoms with Crippen LogP contribution in [0.3, 0.4) is 0 Å². The quantitative estimate of drug-likeness (QED) is 0.714. The van der Waals surface area contributed by atoms with Crippen LogP contribution in [-0.4, -0.2) is 46.7 Å². The monoisotopic (exact) mass is 349 g/mol. The van der Waals surface area contributed by atoms with Gasteiger partial charge in [0.2, 0.25) is 0 Å². The molecule has 132 valence electrons. The van der Waals surface area contributed by atoms with E-state index >= 15 is 0 Å². The lowest BCUT2D eigenvalue weighted by molar-refractivity contribution is 0.0777. The van der Waals surface area contributed by atoms with Crippen molar-refractivity contribution >= 4 is 16.9 Å². The van der Waals surface area contributed by atoms with Crippen molar-refractivity contribution in [2.45, 2.75) is 12.5 Å². The van der Waals surface area contributed by atoms with Gasteiger partial charge in [-0.05, 0) is 30.7 Å². The molecule has 0 N–H and O–H groups in total. The maximum absolute atomic E-state index is 13.1. The number of hydrogen-bond acceptors (Lipinski definition) is 4. The molecule has 2 aliphatic heterocycles. The molecule has 3 heterocycles. The number of carbonyl (C=O) groups excluding carboxylic acids is 1. The molecule has 1 atom stereocenters. The number of benzene rings is 2. The summed E-state index contributed by atoms with van der Waals surface area (Å²) in [5, 5.41) is 0. The summed E-state index contributed by atoms with van der Waals surface area (Å²) in [6.07, 6.45) is 2.79. The van der Waals surface area contributed by atoms with E-state index in [1.165, 1.54) is 0 Å². The van der Waals surface area contributed by atoms with Gasteiger partial charge in [-0.1, -0.05) is 18.2 Å². The van der Waals surface area contributed by atoms with E-state index < -0.39 is 0 Å². The number of fused-ring (bicyclic) bond motifs is 2. The van der Waals surface area contributed by atoms with Crippen LogP contribution in [0.2, 0.25) is 0 Å². The number of hydrogen-bond donors (Lipinski definition) is 0. The van der Waals surface area contributed by atoms with E-state index in [1.54, 1.807) is 0 Å². The van der Waals surface area contributed by atoms with Crippen LogP contribution in [0.5, 0.6) is 11.5 Å². The summed E-state index contributed by atoms with van der Waals surface area (Å²) in [6, 6.07) is 13.8. The standard InChI is InChI=1S/C20H19N3O3/c24-20(15-4-3-7-18-19(15)26-11-10-25-18)22-9-8-14(12-22)23-13-21-16-5-1-2-6-17(16)23/h1-7,13-14H,8-12H2. The zero-order valence-electron chi connectivity index (χ0n) is 14.3. The fourth-order valence-corrected chi connectivity index (χ4v) is 3.84. The maximum Gasteiger partial charge on any atom is 0.257 e. The molecular formula is C20H19N3O3. The van der Waals surface area contributed by atoms with Gasteiger partial charge in [0, 0.05) is 13.1 Å². The van der Waals surface area contributed by atoms with E-state index in [9.17, 15) is 4.79 Å². The molecule has 1 aromatic heterocycles. The lowest BCUT2D eigenvalue weighted by Gasteiger charge is -2.23. The number of imidazole rings is 1. The van der Waals surface area contributed by atoms with Crippen molar-refractivity contribution in [1.29, 1.82) is 0 Å². The van der Waals surface area contributed by atoms with Crippen LogP contribution in [0.1, 0.15) is 22.8 Å². The van der Waals surface area contributed by atoms with Gasteiger partial charge in [0.05, 0.1) is 29.0 Å². The van der Waals surface area contributed by atoms with Crippen molar-refractivity contribution in [2.24, 2.45) is 0 Å². The van der Waals surface area contributed by atoms with Gasteiger partial charge in [-0.25, -0.2) is 4.98 Å². The number of ether oxygens (including phenoxy) is 2. The molecule has 0 saturated carbocycles. The van der Waals surface area contributed by atoms with E-state index in [2.05, 4.69) is 15.6 Å². The first kappa shape index (κ1) is 15.3. The molecule has 0 radical (unpaired) electrons. The third kappa shape index (κ3) is 2.41. The topological polar surface area (TPSA) is 56.6 Å². The van der Waals surface area contributed by atoms with E-state index in [1.807, 2.05) is 47.6 Å². The summed E-state index contributed by atoms with van der Waals surface area (Å²) in [7, 11) is 0. The molecule has 2 aliphatic rings. The first-order chi connectivity index (χ1) is 12.8. The zero-order valence-corrected chi connectivity index (χ0v) is 14.3. The molecule has 1 saturated heterocycles. The van der Waals surface area contributed by atoms with Crippen LogP contribution in [0, 0.1) is 0 Å². The Labute approximate surface area is 151 Å². The van der Waals surface area contributed by atoms with Crippen molar-refractivity contribution in [1.82, 2.24) is 14.5 Å². The highest BCUT2D eigenvalue weighted by molar-refractivity contribution is 5.98. The molecule has 0 aliphatic carbocycles. The van der Waals surface area contributed by atoms with Crippen LogP contribution < -0.4 is 9.47 Å². The van der Waals surface area contributed by atoms with Crippen molar-refractivity contribution in [3.05, 3.63) is 54.4 Å². The van der Waals surface area contributed by atoms with Gasteiger partial charge in [-0.3, -0.25) is 4.79 Å². The van der Waals surface area contributed by atoms with Gasteiger partial charge in [-0.15, -0.1) is 0 Å². The Balaban J connectivity index is 1.40. The van der Waals surface area contributed by atoms with Gasteiger partial charge < -0.3 is 18.9 Å². The molecule has 3 aromatic rings. The van der Waals surface area contributed by atoms with Crippen molar-refractivity contribution in [3.8, 4) is 11.5 Å². The summed E-state index contributed by atoms with van der Waals surface area (Å²) in [4.78, 5) is 19.4. The Kier molecular flexibility index (Phi) is 3.55. The highest BCUT2D eigenvalue weighted by Gasteiger charge is 2.31. The van der Waals surface area contributed by atoms with Crippen molar-refractivity contribution in [2.75, 3.05) is 26.3 Å². The largest absolute Gasteiger partial charge is 0.486 e. The van der Waals surface area contributed by atoms with Gasteiger partial charge in [0.25, 0.3) is 5.91 Å². The molecule has 6 nitrogen and oxygen atoms in total. The Hall–Kier alpha value is -3.02. The SMILES string of the molecule is O=C(c1cccc2c1OCCO2)N1CCC(n2cnc3ccccc32)C1. The minimum absolute atomic E-state index is 0.000675. The highest BCUT2D eigenvalue weighted by Crippen LogP contribution is 2.35. The third-order valence-electron chi connectivity index (χ3n) is 5.12. The Bertz CT molecular complexity index is 981. The highest BCUT2D eigenvalue weighted by atomic mass is 16.6. The second-order valence-corrected chi connectivity index (χ2v) is 6.66. The molecular weight excluding hydrogens is 330 g/mol. The van der Waals surface area contributed by atoms with E-state index in [0.29, 0.717) is 36.8 Å². The van der Waals surface area contributed by atoms with Gasteiger partial charge >= 0.3 is 0 Å². The van der Waals surface area contributed by atoms with Gasteiger partial charge in [-0.2, -0.15) is 0 Å². The first-order valence-corrected chi connectivity index (χ1v) is 8.91. The summed E-state index contributed by atoms with van der Waals surface area (Å²) in [5.74, 6) is 1.22. The van der Waals surface area contributed by atoms with Crippen molar-refractivity contribution in [3.63, 3.8) is 0 Å². The number of aromatic nitrogens is 2. The van der Waals surface area contributed by atoms with Crippen LogP contribution >= 0.6 is 0 Å². The number of rotatable bonds is 2. The summed E-state index contributed by atoms with van der Waals surface area (Å²) >= 11 is 0. The molecule has 1 amide bonds. The summed E-state index contributed by atoms with van der Waals surface area (Å²) in [6.45, 7) is 2.38. The van der Waals surface area contributed by atoms with Gasteiger partial charge in [0.1, 0.15) is 13.2 Å². The van der Waals surface area contributed by atoms with E-state index in [0.717, 1.165) is 24.0 Å². The zero-order chi connectivity index (χ0) is 17.5. The van der Waals surface area contributed by atoms with E-state index in [4.69, 9.17) is 9.47 Å². The predicted molar refractivity (Wildman–Crippen MR) is 96.7 cm³/mol. The predicted octanol–water partition coefficient (Wildman–Crippen LogP) is 2.89. The smallest absolute Gasteiger partial charge is 0.257 e. The average molecular weight is 349 g/mol. The maximum atomic E-state index is 13.1. The molecule has 1 unspecified atom stereocenters. The number of likely N-dealkylation sites (tertiary alicyclic amines) is 1. The average Bonchev–Trinajstić information content (AvgIpc) is 3.34. The normalized spacial score (nSPS) is 19.1. The van der Waals surface area contributed by atoms with Crippen molar-refractivity contribution < 1.29 is 14.3 Å². The Morgan fingerprint density at radius 3 is 2.92 bits per heavy atom. The first-order valence-electron chi connectivity index (χ1n) is 8.91. The molecule has 0 spiro atoms. The fraction of sp³-hybridized carbons (Fsp3) is 0.300. The van der Waals surface area contributed by atoms with E-state index in [-0.39, 0.29) is 11.9 Å². The second-order valence-electron chi connectivity index (χ2n) is 6.66. The lowest BCUT2D eigenvalue weighted by atomic mass is 10.1.